The normalized spacial score (nSPS) is 10.4. The quantitative estimate of drug-likeness (QED) is 0.516. The number of aryl methyl sites for hydroxylation is 1. The lowest BCUT2D eigenvalue weighted by molar-refractivity contribution is 0.300. The standard InChI is InChI=1S/C12H14IN3O/c13-10-8-15-16(9-10)6-3-7-17-12-5-2-1-4-11(12)14/h1-2,4-5,8-9H,3,6-7,14H2. The van der Waals surface area contributed by atoms with Gasteiger partial charge in [0, 0.05) is 19.2 Å². The number of hydrogen-bond donors (Lipinski definition) is 1. The molecule has 0 aliphatic rings. The molecule has 1 aromatic heterocycles. The van der Waals surface area contributed by atoms with Crippen molar-refractivity contribution in [2.24, 2.45) is 0 Å². The van der Waals surface area contributed by atoms with E-state index in [1.165, 1.54) is 0 Å². The Labute approximate surface area is 114 Å². The topological polar surface area (TPSA) is 53.1 Å². The molecule has 0 unspecified atom stereocenters. The Bertz CT molecular complexity index is 484. The molecule has 2 N–H and O–H groups in total. The van der Waals surface area contributed by atoms with Gasteiger partial charge in [-0.2, -0.15) is 5.10 Å². The zero-order chi connectivity index (χ0) is 12.1. The number of para-hydroxylation sites is 2. The molecule has 5 heteroatoms. The average Bonchev–Trinajstić information content (AvgIpc) is 2.73. The van der Waals surface area contributed by atoms with Crippen molar-refractivity contribution in [3.8, 4) is 5.75 Å². The number of halogens is 1. The summed E-state index contributed by atoms with van der Waals surface area (Å²) in [7, 11) is 0. The molecule has 0 fully saturated rings. The van der Waals surface area contributed by atoms with Gasteiger partial charge in [0.25, 0.3) is 0 Å². The molecule has 0 atom stereocenters. The molecule has 90 valence electrons. The van der Waals surface area contributed by atoms with E-state index in [9.17, 15) is 0 Å². The van der Waals surface area contributed by atoms with Gasteiger partial charge in [0.05, 0.1) is 22.1 Å². The lowest BCUT2D eigenvalue weighted by Crippen LogP contribution is -2.05. The minimum absolute atomic E-state index is 0.644. The largest absolute Gasteiger partial charge is 0.491 e. The molecule has 0 radical (unpaired) electrons. The van der Waals surface area contributed by atoms with Gasteiger partial charge in [0.1, 0.15) is 5.75 Å². The van der Waals surface area contributed by atoms with Gasteiger partial charge in [0.2, 0.25) is 0 Å². The summed E-state index contributed by atoms with van der Waals surface area (Å²) in [5, 5.41) is 4.21. The Morgan fingerprint density at radius 1 is 1.35 bits per heavy atom. The molecule has 0 aliphatic carbocycles. The average molecular weight is 343 g/mol. The number of benzene rings is 1. The van der Waals surface area contributed by atoms with Crippen molar-refractivity contribution in [2.75, 3.05) is 12.3 Å². The first kappa shape index (κ1) is 12.2. The third-order valence-corrected chi connectivity index (χ3v) is 2.87. The second-order valence-corrected chi connectivity index (χ2v) is 4.91. The molecule has 0 saturated heterocycles. The number of nitrogen functional groups attached to an aromatic ring is 1. The van der Waals surface area contributed by atoms with Crippen molar-refractivity contribution in [2.45, 2.75) is 13.0 Å². The Morgan fingerprint density at radius 2 is 2.18 bits per heavy atom. The number of nitrogens with two attached hydrogens (primary N) is 1. The molecule has 17 heavy (non-hydrogen) atoms. The van der Waals surface area contributed by atoms with Crippen LogP contribution >= 0.6 is 22.6 Å². The maximum absolute atomic E-state index is 5.77. The van der Waals surface area contributed by atoms with Crippen LogP contribution in [0.4, 0.5) is 5.69 Å². The van der Waals surface area contributed by atoms with Gasteiger partial charge >= 0.3 is 0 Å². The summed E-state index contributed by atoms with van der Waals surface area (Å²) in [5.41, 5.74) is 6.46. The zero-order valence-corrected chi connectivity index (χ0v) is 11.5. The molecule has 0 spiro atoms. The lowest BCUT2D eigenvalue weighted by atomic mass is 10.3. The second kappa shape index (κ2) is 5.90. The van der Waals surface area contributed by atoms with Crippen LogP contribution < -0.4 is 10.5 Å². The molecule has 4 nitrogen and oxygen atoms in total. The Hall–Kier alpha value is -1.24. The van der Waals surface area contributed by atoms with Crippen LogP contribution in [-0.4, -0.2) is 16.4 Å². The van der Waals surface area contributed by atoms with Crippen LogP contribution in [0.25, 0.3) is 0 Å². The van der Waals surface area contributed by atoms with Gasteiger partial charge in [-0.3, -0.25) is 4.68 Å². The number of nitrogens with zero attached hydrogens (tertiary/aromatic N) is 2. The number of hydrogen-bond acceptors (Lipinski definition) is 3. The van der Waals surface area contributed by atoms with Gasteiger partial charge in [0.15, 0.2) is 0 Å². The van der Waals surface area contributed by atoms with Gasteiger partial charge in [-0.15, -0.1) is 0 Å². The molecular formula is C12H14IN3O. The third-order valence-electron chi connectivity index (χ3n) is 2.31. The Morgan fingerprint density at radius 3 is 2.88 bits per heavy atom. The van der Waals surface area contributed by atoms with Crippen LogP contribution in [0.1, 0.15) is 6.42 Å². The van der Waals surface area contributed by atoms with E-state index in [0.717, 1.165) is 22.3 Å². The predicted octanol–water partition coefficient (Wildman–Crippen LogP) is 2.54. The van der Waals surface area contributed by atoms with Gasteiger partial charge < -0.3 is 10.5 Å². The van der Waals surface area contributed by atoms with E-state index in [-0.39, 0.29) is 0 Å². The maximum Gasteiger partial charge on any atom is 0.142 e. The summed E-state index contributed by atoms with van der Waals surface area (Å²) >= 11 is 2.24. The van der Waals surface area contributed by atoms with Crippen molar-refractivity contribution in [1.29, 1.82) is 0 Å². The Balaban J connectivity index is 1.75. The molecule has 2 rings (SSSR count). The smallest absolute Gasteiger partial charge is 0.142 e. The van der Waals surface area contributed by atoms with Crippen molar-refractivity contribution >= 4 is 28.3 Å². The van der Waals surface area contributed by atoms with E-state index in [0.29, 0.717) is 12.3 Å². The summed E-state index contributed by atoms with van der Waals surface area (Å²) in [4.78, 5) is 0. The monoisotopic (exact) mass is 343 g/mol. The molecule has 0 bridgehead atoms. The molecular weight excluding hydrogens is 329 g/mol. The highest BCUT2D eigenvalue weighted by Crippen LogP contribution is 2.19. The van der Waals surface area contributed by atoms with Crippen LogP contribution in [0.2, 0.25) is 0 Å². The fraction of sp³-hybridized carbons (Fsp3) is 0.250. The number of ether oxygens (including phenoxy) is 1. The molecule has 0 aliphatic heterocycles. The van der Waals surface area contributed by atoms with Gasteiger partial charge in [-0.05, 0) is 34.7 Å². The van der Waals surface area contributed by atoms with E-state index < -0.39 is 0 Å². The highest BCUT2D eigenvalue weighted by Gasteiger charge is 1.99. The zero-order valence-electron chi connectivity index (χ0n) is 9.34. The first-order chi connectivity index (χ1) is 8.25. The number of anilines is 1. The van der Waals surface area contributed by atoms with Crippen molar-refractivity contribution in [1.82, 2.24) is 9.78 Å². The summed E-state index contributed by atoms with van der Waals surface area (Å²) in [6.45, 7) is 1.50. The summed E-state index contributed by atoms with van der Waals surface area (Å²) in [6, 6.07) is 7.53. The summed E-state index contributed by atoms with van der Waals surface area (Å²) in [5.74, 6) is 0.752. The minimum Gasteiger partial charge on any atom is -0.491 e. The van der Waals surface area contributed by atoms with Crippen molar-refractivity contribution in [3.63, 3.8) is 0 Å². The van der Waals surface area contributed by atoms with Crippen LogP contribution in [0, 0.1) is 3.57 Å². The minimum atomic E-state index is 0.644. The van der Waals surface area contributed by atoms with E-state index in [4.69, 9.17) is 10.5 Å². The first-order valence-electron chi connectivity index (χ1n) is 5.41. The van der Waals surface area contributed by atoms with Crippen LogP contribution in [0.5, 0.6) is 5.75 Å². The Kier molecular flexibility index (Phi) is 4.24. The predicted molar refractivity (Wildman–Crippen MR) is 75.9 cm³/mol. The number of rotatable bonds is 5. The summed E-state index contributed by atoms with van der Waals surface area (Å²) in [6.07, 6.45) is 4.76. The van der Waals surface area contributed by atoms with E-state index in [1.807, 2.05) is 41.3 Å². The summed E-state index contributed by atoms with van der Waals surface area (Å²) < 4.78 is 8.66. The van der Waals surface area contributed by atoms with Gasteiger partial charge in [-0.25, -0.2) is 0 Å². The molecule has 1 heterocycles. The highest BCUT2D eigenvalue weighted by molar-refractivity contribution is 14.1. The fourth-order valence-electron chi connectivity index (χ4n) is 1.48. The molecule has 0 amide bonds. The van der Waals surface area contributed by atoms with E-state index >= 15 is 0 Å². The van der Waals surface area contributed by atoms with Crippen LogP contribution in [0.15, 0.2) is 36.7 Å². The van der Waals surface area contributed by atoms with Crippen LogP contribution in [0.3, 0.4) is 0 Å². The van der Waals surface area contributed by atoms with E-state index in [1.54, 1.807) is 0 Å². The maximum atomic E-state index is 5.77. The lowest BCUT2D eigenvalue weighted by Gasteiger charge is -2.08. The SMILES string of the molecule is Nc1ccccc1OCCCn1cc(I)cn1. The second-order valence-electron chi connectivity index (χ2n) is 3.66. The molecule has 1 aromatic carbocycles. The van der Waals surface area contributed by atoms with Crippen molar-refractivity contribution in [3.05, 3.63) is 40.2 Å². The molecule has 2 aromatic rings. The number of aromatic nitrogens is 2. The molecule has 0 saturated carbocycles. The van der Waals surface area contributed by atoms with E-state index in [2.05, 4.69) is 27.7 Å². The van der Waals surface area contributed by atoms with Gasteiger partial charge in [-0.1, -0.05) is 12.1 Å². The third kappa shape index (κ3) is 3.62. The highest BCUT2D eigenvalue weighted by atomic mass is 127. The van der Waals surface area contributed by atoms with Crippen molar-refractivity contribution < 1.29 is 4.74 Å². The first-order valence-corrected chi connectivity index (χ1v) is 6.49. The fourth-order valence-corrected chi connectivity index (χ4v) is 1.93. The van der Waals surface area contributed by atoms with Crippen LogP contribution in [-0.2, 0) is 6.54 Å².